The Morgan fingerprint density at radius 1 is 1.39 bits per heavy atom. The van der Waals surface area contributed by atoms with Crippen molar-refractivity contribution in [3.63, 3.8) is 0 Å². The van der Waals surface area contributed by atoms with E-state index in [2.05, 4.69) is 43.3 Å². The van der Waals surface area contributed by atoms with Gasteiger partial charge < -0.3 is 10.1 Å². The summed E-state index contributed by atoms with van der Waals surface area (Å²) in [5.41, 5.74) is 1.14. The van der Waals surface area contributed by atoms with Crippen molar-refractivity contribution >= 4 is 0 Å². The smallest absolute Gasteiger partial charge is 0.0757 e. The number of rotatable bonds is 4. The van der Waals surface area contributed by atoms with Crippen molar-refractivity contribution in [3.05, 3.63) is 11.9 Å². The first-order valence-corrected chi connectivity index (χ1v) is 6.79. The van der Waals surface area contributed by atoms with Gasteiger partial charge in [-0.05, 0) is 26.3 Å². The summed E-state index contributed by atoms with van der Waals surface area (Å²) in [6, 6.07) is 0.255. The fraction of sp³-hybridized carbons (Fsp3) is 0.846. The molecular formula is C13H24N4O. The molecule has 0 radical (unpaired) electrons. The zero-order chi connectivity index (χ0) is 13.3. The maximum Gasteiger partial charge on any atom is 0.0757 e. The van der Waals surface area contributed by atoms with E-state index >= 15 is 0 Å². The van der Waals surface area contributed by atoms with Gasteiger partial charge in [-0.2, -0.15) is 0 Å². The Bertz CT molecular complexity index is 392. The summed E-state index contributed by atoms with van der Waals surface area (Å²) in [5.74, 6) is 0.982. The van der Waals surface area contributed by atoms with Crippen LogP contribution >= 0.6 is 0 Å². The van der Waals surface area contributed by atoms with Crippen LogP contribution in [0.3, 0.4) is 0 Å². The van der Waals surface area contributed by atoms with Crippen LogP contribution in [0, 0.1) is 11.8 Å². The Morgan fingerprint density at radius 3 is 2.56 bits per heavy atom. The number of aromatic nitrogens is 3. The lowest BCUT2D eigenvalue weighted by Gasteiger charge is -2.29. The first kappa shape index (κ1) is 13.5. The predicted molar refractivity (Wildman–Crippen MR) is 70.1 cm³/mol. The highest BCUT2D eigenvalue weighted by Gasteiger charge is 2.42. The molecule has 18 heavy (non-hydrogen) atoms. The molecule has 1 saturated heterocycles. The Hall–Kier alpha value is -0.940. The molecule has 1 aliphatic heterocycles. The third-order valence-electron chi connectivity index (χ3n) is 4.20. The molecule has 0 spiro atoms. The van der Waals surface area contributed by atoms with Crippen LogP contribution in [0.15, 0.2) is 6.20 Å². The molecule has 0 bridgehead atoms. The molecule has 5 atom stereocenters. The van der Waals surface area contributed by atoms with E-state index in [4.69, 9.17) is 4.74 Å². The van der Waals surface area contributed by atoms with E-state index in [1.165, 1.54) is 0 Å². The van der Waals surface area contributed by atoms with Crippen molar-refractivity contribution in [3.8, 4) is 0 Å². The van der Waals surface area contributed by atoms with Gasteiger partial charge in [0, 0.05) is 13.0 Å². The van der Waals surface area contributed by atoms with Gasteiger partial charge in [0.15, 0.2) is 0 Å². The molecule has 0 amide bonds. The number of hydrogen-bond acceptors (Lipinski definition) is 4. The number of hydrogen-bond donors (Lipinski definition) is 1. The van der Waals surface area contributed by atoms with Crippen LogP contribution in [-0.4, -0.2) is 33.7 Å². The molecule has 1 aromatic rings. The number of nitrogens with one attached hydrogen (secondary N) is 1. The molecule has 0 saturated carbocycles. The molecule has 5 unspecified atom stereocenters. The van der Waals surface area contributed by atoms with E-state index < -0.39 is 0 Å². The van der Waals surface area contributed by atoms with E-state index in [9.17, 15) is 0 Å². The normalized spacial score (nSPS) is 33.8. The SMILES string of the molecule is CCNC(c1cnnn1C)C1C(C)OC(C)C1C. The Morgan fingerprint density at radius 2 is 2.11 bits per heavy atom. The van der Waals surface area contributed by atoms with Gasteiger partial charge >= 0.3 is 0 Å². The predicted octanol–water partition coefficient (Wildman–Crippen LogP) is 1.53. The number of nitrogens with zero attached hydrogens (tertiary/aromatic N) is 3. The summed E-state index contributed by atoms with van der Waals surface area (Å²) in [5, 5.41) is 11.6. The van der Waals surface area contributed by atoms with Gasteiger partial charge in [0.05, 0.1) is 30.1 Å². The monoisotopic (exact) mass is 252 g/mol. The Balaban J connectivity index is 2.28. The molecule has 5 heteroatoms. The van der Waals surface area contributed by atoms with Crippen LogP contribution in [0.4, 0.5) is 0 Å². The van der Waals surface area contributed by atoms with Crippen molar-refractivity contribution in [2.24, 2.45) is 18.9 Å². The average Bonchev–Trinajstić information content (AvgIpc) is 2.83. The van der Waals surface area contributed by atoms with Crippen molar-refractivity contribution < 1.29 is 4.74 Å². The molecule has 1 fully saturated rings. The maximum absolute atomic E-state index is 5.96. The molecule has 2 heterocycles. The molecule has 102 valence electrons. The van der Waals surface area contributed by atoms with Crippen molar-refractivity contribution in [1.82, 2.24) is 20.3 Å². The van der Waals surface area contributed by atoms with Crippen LogP contribution < -0.4 is 5.32 Å². The van der Waals surface area contributed by atoms with E-state index in [1.807, 2.05) is 17.9 Å². The molecule has 0 aliphatic carbocycles. The van der Waals surface area contributed by atoms with Crippen molar-refractivity contribution in [1.29, 1.82) is 0 Å². The topological polar surface area (TPSA) is 52.0 Å². The molecule has 2 rings (SSSR count). The van der Waals surface area contributed by atoms with Gasteiger partial charge in [0.2, 0.25) is 0 Å². The highest BCUT2D eigenvalue weighted by atomic mass is 16.5. The zero-order valence-corrected chi connectivity index (χ0v) is 11.9. The second-order valence-corrected chi connectivity index (χ2v) is 5.30. The van der Waals surface area contributed by atoms with Gasteiger partial charge in [0.1, 0.15) is 0 Å². The van der Waals surface area contributed by atoms with Crippen LogP contribution in [0.5, 0.6) is 0 Å². The second-order valence-electron chi connectivity index (χ2n) is 5.30. The van der Waals surface area contributed by atoms with E-state index in [0.717, 1.165) is 12.2 Å². The largest absolute Gasteiger partial charge is 0.375 e. The van der Waals surface area contributed by atoms with Gasteiger partial charge in [-0.15, -0.1) is 5.10 Å². The quantitative estimate of drug-likeness (QED) is 0.883. The van der Waals surface area contributed by atoms with Gasteiger partial charge in [-0.1, -0.05) is 19.1 Å². The van der Waals surface area contributed by atoms with Crippen LogP contribution in [0.25, 0.3) is 0 Å². The number of aryl methyl sites for hydroxylation is 1. The lowest BCUT2D eigenvalue weighted by molar-refractivity contribution is 0.0472. The van der Waals surface area contributed by atoms with E-state index in [-0.39, 0.29) is 12.1 Å². The van der Waals surface area contributed by atoms with Gasteiger partial charge in [-0.25, -0.2) is 0 Å². The minimum absolute atomic E-state index is 0.255. The summed E-state index contributed by atoms with van der Waals surface area (Å²) in [6.07, 6.45) is 2.43. The first-order valence-electron chi connectivity index (χ1n) is 6.79. The Labute approximate surface area is 109 Å². The average molecular weight is 252 g/mol. The minimum atomic E-state index is 0.255. The molecule has 1 N–H and O–H groups in total. The lowest BCUT2D eigenvalue weighted by Crippen LogP contribution is -2.36. The second kappa shape index (κ2) is 5.36. The maximum atomic E-state index is 5.96. The van der Waals surface area contributed by atoms with Crippen LogP contribution in [0.1, 0.15) is 39.4 Å². The van der Waals surface area contributed by atoms with E-state index in [1.54, 1.807) is 0 Å². The van der Waals surface area contributed by atoms with Crippen LogP contribution in [0.2, 0.25) is 0 Å². The molecule has 1 aromatic heterocycles. The molecule has 0 aromatic carbocycles. The fourth-order valence-electron chi connectivity index (χ4n) is 3.11. The standard InChI is InChI=1S/C13H24N4O/c1-6-14-13(11-7-15-16-17(11)5)12-8(2)9(3)18-10(12)4/h7-10,12-14H,6H2,1-5H3. The molecule has 1 aliphatic rings. The van der Waals surface area contributed by atoms with Crippen molar-refractivity contribution in [2.75, 3.05) is 6.54 Å². The van der Waals surface area contributed by atoms with Crippen LogP contribution in [-0.2, 0) is 11.8 Å². The summed E-state index contributed by atoms with van der Waals surface area (Å²) in [6.45, 7) is 9.66. The zero-order valence-electron chi connectivity index (χ0n) is 11.9. The minimum Gasteiger partial charge on any atom is -0.375 e. The third kappa shape index (κ3) is 2.29. The number of ether oxygens (including phenoxy) is 1. The summed E-state index contributed by atoms with van der Waals surface area (Å²) < 4.78 is 7.82. The van der Waals surface area contributed by atoms with Crippen molar-refractivity contribution in [2.45, 2.75) is 45.9 Å². The van der Waals surface area contributed by atoms with Gasteiger partial charge in [0.25, 0.3) is 0 Å². The van der Waals surface area contributed by atoms with Gasteiger partial charge in [-0.3, -0.25) is 4.68 Å². The summed E-state index contributed by atoms with van der Waals surface area (Å²) in [4.78, 5) is 0. The summed E-state index contributed by atoms with van der Waals surface area (Å²) >= 11 is 0. The third-order valence-corrected chi connectivity index (χ3v) is 4.20. The highest BCUT2D eigenvalue weighted by molar-refractivity contribution is 5.07. The molecular weight excluding hydrogens is 228 g/mol. The van der Waals surface area contributed by atoms with E-state index in [0.29, 0.717) is 17.9 Å². The fourth-order valence-corrected chi connectivity index (χ4v) is 3.11. The first-order chi connectivity index (χ1) is 8.56. The lowest BCUT2D eigenvalue weighted by atomic mass is 9.82. The summed E-state index contributed by atoms with van der Waals surface area (Å²) in [7, 11) is 1.95. The Kier molecular flexibility index (Phi) is 4.02. The highest BCUT2D eigenvalue weighted by Crippen LogP contribution is 2.40. The molecule has 5 nitrogen and oxygen atoms in total.